The molecule has 3 rings (SSSR count). The Bertz CT molecular complexity index is 1100. The smallest absolute Gasteiger partial charge is 0.253 e. The summed E-state index contributed by atoms with van der Waals surface area (Å²) in [5.41, 5.74) is 2.14. The van der Waals surface area contributed by atoms with Crippen molar-refractivity contribution < 1.29 is 9.47 Å². The first-order valence-electron chi connectivity index (χ1n) is 10.1. The van der Waals surface area contributed by atoms with Gasteiger partial charge in [0.25, 0.3) is 5.56 Å². The van der Waals surface area contributed by atoms with Crippen LogP contribution < -0.4 is 20.3 Å². The van der Waals surface area contributed by atoms with Crippen molar-refractivity contribution in [1.82, 2.24) is 20.2 Å². The van der Waals surface area contributed by atoms with Crippen LogP contribution in [0.25, 0.3) is 10.9 Å². The number of nitrogens with one attached hydrogen (secondary N) is 2. The number of hydrogen-bond acceptors (Lipinski definition) is 5. The van der Waals surface area contributed by atoms with Gasteiger partial charge in [0.2, 0.25) is 0 Å². The monoisotopic (exact) mass is 440 g/mol. The van der Waals surface area contributed by atoms with E-state index in [0.29, 0.717) is 46.7 Å². The van der Waals surface area contributed by atoms with E-state index >= 15 is 0 Å². The van der Waals surface area contributed by atoms with Gasteiger partial charge >= 0.3 is 0 Å². The normalized spacial score (nSPS) is 10.9. The van der Waals surface area contributed by atoms with Gasteiger partial charge in [-0.1, -0.05) is 19.9 Å². The van der Waals surface area contributed by atoms with Gasteiger partial charge in [0.15, 0.2) is 16.6 Å². The quantitative estimate of drug-likeness (QED) is 0.519. The Morgan fingerprint density at radius 2 is 1.94 bits per heavy atom. The lowest BCUT2D eigenvalue weighted by Gasteiger charge is -2.26. The van der Waals surface area contributed by atoms with Gasteiger partial charge in [-0.2, -0.15) is 0 Å². The fraction of sp³-hybridized carbons (Fsp3) is 0.348. The van der Waals surface area contributed by atoms with Crippen LogP contribution in [-0.2, 0) is 13.1 Å². The van der Waals surface area contributed by atoms with Gasteiger partial charge in [0, 0.05) is 42.5 Å². The molecule has 0 saturated carbocycles. The Morgan fingerprint density at radius 3 is 2.58 bits per heavy atom. The van der Waals surface area contributed by atoms with Crippen LogP contribution in [0.3, 0.4) is 0 Å². The van der Waals surface area contributed by atoms with Crippen LogP contribution in [0, 0.1) is 5.92 Å². The van der Waals surface area contributed by atoms with Crippen molar-refractivity contribution in [1.29, 1.82) is 0 Å². The number of aromatic amines is 1. The van der Waals surface area contributed by atoms with E-state index in [9.17, 15) is 4.79 Å². The third-order valence-electron chi connectivity index (χ3n) is 4.83. The highest BCUT2D eigenvalue weighted by Gasteiger charge is 2.15. The highest BCUT2D eigenvalue weighted by atomic mass is 32.1. The zero-order chi connectivity index (χ0) is 22.4. The molecule has 0 atom stereocenters. The van der Waals surface area contributed by atoms with E-state index in [1.54, 1.807) is 32.7 Å². The summed E-state index contributed by atoms with van der Waals surface area (Å²) >= 11 is 5.65. The van der Waals surface area contributed by atoms with Crippen molar-refractivity contribution in [2.75, 3.05) is 20.8 Å². The number of methoxy groups -OCH3 is 2. The second-order valence-corrected chi connectivity index (χ2v) is 8.10. The number of benzene rings is 1. The molecule has 31 heavy (non-hydrogen) atoms. The van der Waals surface area contributed by atoms with Crippen molar-refractivity contribution in [2.24, 2.45) is 5.92 Å². The van der Waals surface area contributed by atoms with Gasteiger partial charge in [-0.15, -0.1) is 0 Å². The third-order valence-corrected chi connectivity index (χ3v) is 5.23. The van der Waals surface area contributed by atoms with E-state index in [-0.39, 0.29) is 5.56 Å². The van der Waals surface area contributed by atoms with E-state index in [1.807, 2.05) is 29.2 Å². The number of hydrogen-bond donors (Lipinski definition) is 2. The molecule has 3 aromatic rings. The van der Waals surface area contributed by atoms with Crippen LogP contribution in [0.4, 0.5) is 0 Å². The summed E-state index contributed by atoms with van der Waals surface area (Å²) in [6.07, 6.45) is 3.54. The number of thiocarbonyl (C=S) groups is 1. The molecule has 0 unspecified atom stereocenters. The SMILES string of the molecule is COc1cc2cc(CN(Cc3cccnc3)C(=S)NCC(C)C)c(=O)[nH]c2cc1OC. The Hall–Kier alpha value is -3.13. The van der Waals surface area contributed by atoms with Crippen LogP contribution in [-0.4, -0.2) is 40.7 Å². The van der Waals surface area contributed by atoms with E-state index < -0.39 is 0 Å². The molecule has 0 radical (unpaired) electrons. The van der Waals surface area contributed by atoms with Crippen molar-refractivity contribution in [3.8, 4) is 11.5 Å². The maximum Gasteiger partial charge on any atom is 0.253 e. The lowest BCUT2D eigenvalue weighted by atomic mass is 10.1. The molecule has 0 spiro atoms. The first-order chi connectivity index (χ1) is 14.9. The topological polar surface area (TPSA) is 79.5 Å². The van der Waals surface area contributed by atoms with Gasteiger partial charge in [0.1, 0.15) is 0 Å². The second kappa shape index (κ2) is 10.3. The minimum atomic E-state index is -0.164. The molecule has 0 saturated heterocycles. The molecule has 2 N–H and O–H groups in total. The van der Waals surface area contributed by atoms with Crippen LogP contribution in [0.5, 0.6) is 11.5 Å². The molecule has 2 aromatic heterocycles. The van der Waals surface area contributed by atoms with Gasteiger partial charge in [0.05, 0.1) is 26.3 Å². The minimum Gasteiger partial charge on any atom is -0.493 e. The largest absolute Gasteiger partial charge is 0.493 e. The van der Waals surface area contributed by atoms with Crippen LogP contribution in [0.1, 0.15) is 25.0 Å². The number of H-pyrrole nitrogens is 1. The van der Waals surface area contributed by atoms with E-state index in [4.69, 9.17) is 21.7 Å². The number of fused-ring (bicyclic) bond motifs is 1. The molecule has 7 nitrogen and oxygen atoms in total. The third kappa shape index (κ3) is 5.73. The summed E-state index contributed by atoms with van der Waals surface area (Å²) in [7, 11) is 3.16. The first-order valence-corrected chi connectivity index (χ1v) is 10.5. The lowest BCUT2D eigenvalue weighted by molar-refractivity contribution is 0.355. The Labute approximate surface area is 187 Å². The van der Waals surface area contributed by atoms with Crippen LogP contribution in [0.15, 0.2) is 47.5 Å². The predicted molar refractivity (Wildman–Crippen MR) is 127 cm³/mol. The van der Waals surface area contributed by atoms with Gasteiger partial charge < -0.3 is 24.7 Å². The minimum absolute atomic E-state index is 0.164. The zero-order valence-electron chi connectivity index (χ0n) is 18.3. The molecule has 0 fully saturated rings. The first kappa shape index (κ1) is 22.6. The average Bonchev–Trinajstić information content (AvgIpc) is 2.77. The molecule has 0 aliphatic carbocycles. The van der Waals surface area contributed by atoms with E-state index in [1.165, 1.54) is 0 Å². The summed E-state index contributed by atoms with van der Waals surface area (Å²) in [5.74, 6) is 1.62. The summed E-state index contributed by atoms with van der Waals surface area (Å²) in [4.78, 5) is 21.9. The molecule has 0 aliphatic heterocycles. The van der Waals surface area contributed by atoms with E-state index in [0.717, 1.165) is 17.5 Å². The summed E-state index contributed by atoms with van der Waals surface area (Å²) in [6, 6.07) is 9.38. The molecular formula is C23H28N4O3S. The molecule has 164 valence electrons. The molecule has 2 heterocycles. The highest BCUT2D eigenvalue weighted by Crippen LogP contribution is 2.31. The molecule has 0 amide bonds. The summed E-state index contributed by atoms with van der Waals surface area (Å²) in [6.45, 7) is 5.90. The van der Waals surface area contributed by atoms with Crippen molar-refractivity contribution in [3.05, 3.63) is 64.2 Å². The number of rotatable bonds is 8. The maximum atomic E-state index is 12.8. The van der Waals surface area contributed by atoms with Crippen molar-refractivity contribution in [3.63, 3.8) is 0 Å². The Kier molecular flexibility index (Phi) is 7.46. The highest BCUT2D eigenvalue weighted by molar-refractivity contribution is 7.80. The van der Waals surface area contributed by atoms with Gasteiger partial charge in [-0.25, -0.2) is 0 Å². The molecule has 1 aromatic carbocycles. The zero-order valence-corrected chi connectivity index (χ0v) is 19.1. The number of aromatic nitrogens is 2. The average molecular weight is 441 g/mol. The predicted octanol–water partition coefficient (Wildman–Crippen LogP) is 3.47. The number of ether oxygens (including phenoxy) is 2. The molecule has 0 aliphatic rings. The summed E-state index contributed by atoms with van der Waals surface area (Å²) in [5, 5.41) is 4.76. The summed E-state index contributed by atoms with van der Waals surface area (Å²) < 4.78 is 10.7. The van der Waals surface area contributed by atoms with Crippen molar-refractivity contribution >= 4 is 28.2 Å². The van der Waals surface area contributed by atoms with Crippen molar-refractivity contribution in [2.45, 2.75) is 26.9 Å². The Morgan fingerprint density at radius 1 is 1.19 bits per heavy atom. The lowest BCUT2D eigenvalue weighted by Crippen LogP contribution is -2.41. The fourth-order valence-corrected chi connectivity index (χ4v) is 3.43. The Balaban J connectivity index is 1.94. The van der Waals surface area contributed by atoms with E-state index in [2.05, 4.69) is 29.1 Å². The van der Waals surface area contributed by atoms with Crippen LogP contribution in [0.2, 0.25) is 0 Å². The molecule has 8 heteroatoms. The standard InChI is InChI=1S/C23H28N4O3S/c1-15(2)11-25-23(31)27(13-16-6-5-7-24-12-16)14-18-8-17-9-20(29-3)21(30-4)10-19(17)26-22(18)28/h5-10,12,15H,11,13-14H2,1-4H3,(H,25,31)(H,26,28). The van der Waals surface area contributed by atoms with Crippen LogP contribution >= 0.6 is 12.2 Å². The maximum absolute atomic E-state index is 12.8. The molecular weight excluding hydrogens is 412 g/mol. The number of pyridine rings is 2. The fourth-order valence-electron chi connectivity index (χ4n) is 3.22. The van der Waals surface area contributed by atoms with Gasteiger partial charge in [-0.3, -0.25) is 9.78 Å². The van der Waals surface area contributed by atoms with Gasteiger partial charge in [-0.05, 0) is 41.9 Å². The number of nitrogens with zero attached hydrogens (tertiary/aromatic N) is 2. The second-order valence-electron chi connectivity index (χ2n) is 7.72. The molecule has 0 bridgehead atoms.